The van der Waals surface area contributed by atoms with Crippen LogP contribution in [0.1, 0.15) is 76.2 Å². The van der Waals surface area contributed by atoms with E-state index in [0.29, 0.717) is 12.1 Å². The molecular weight excluding hydrogens is 651 g/mol. The van der Waals surface area contributed by atoms with E-state index in [2.05, 4.69) is 136 Å². The van der Waals surface area contributed by atoms with Gasteiger partial charge in [0.05, 0.1) is 0 Å². The van der Waals surface area contributed by atoms with E-state index in [4.69, 9.17) is 0 Å². The van der Waals surface area contributed by atoms with E-state index < -0.39 is 0 Å². The Labute approximate surface area is 287 Å². The Morgan fingerprint density at radius 1 is 0.610 bits per heavy atom. The maximum atomic E-state index is 4.32. The number of hydrogen-bond acceptors (Lipinski definition) is 6. The topological polar surface area (TPSA) is 89.1 Å². The predicted octanol–water partition coefficient (Wildman–Crippen LogP) is 6.02. The normalized spacial score (nSPS) is 13.5. The van der Waals surface area contributed by atoms with Crippen LogP contribution in [0, 0.1) is 0 Å². The van der Waals surface area contributed by atoms with Gasteiger partial charge in [-0.1, -0.05) is 69.2 Å². The average molecular weight is 716 g/mol. The van der Waals surface area contributed by atoms with Crippen molar-refractivity contribution in [1.29, 1.82) is 0 Å². The van der Waals surface area contributed by atoms with Gasteiger partial charge in [-0.2, -0.15) is 0 Å². The monoisotopic (exact) mass is 715 g/mol. The zero-order valence-electron chi connectivity index (χ0n) is 29.2. The van der Waals surface area contributed by atoms with Gasteiger partial charge in [0.25, 0.3) is 0 Å². The van der Waals surface area contributed by atoms with Crippen LogP contribution in [0.4, 0.5) is 0 Å². The molecule has 12 heteroatoms. The fraction of sp³-hybridized carbons (Fsp3) is 0.897. The number of rotatable bonds is 12. The molecule has 0 aromatic heterocycles. The molecular formula is C29H64Co3N9-3. The molecule has 0 N–H and O–H groups in total. The smallest absolute Gasteiger partial charge is 0.00538 e. The van der Waals surface area contributed by atoms with Crippen molar-refractivity contribution < 1.29 is 50.3 Å². The second kappa shape index (κ2) is 28.6. The molecule has 0 saturated heterocycles. The Balaban J connectivity index is -0.000000108. The standard InChI is InChI=1S/2C10H22N3.C9H20N3.3Co/c1-9(7-13(5)6)11-8-12-10(2,3)4;1-9(13(5)6)7-11-8-12-10(2,3)4;1-9(2,3)11-8-10-6-7-12(4)5;;;/h2*8-9H,7H2,1-6H3;8H,6-7H2,1-5H3;;;/q3*-1;;;. The van der Waals surface area contributed by atoms with Crippen LogP contribution in [0.5, 0.6) is 0 Å². The molecule has 0 spiro atoms. The quantitative estimate of drug-likeness (QED) is 0.141. The van der Waals surface area contributed by atoms with Gasteiger partial charge >= 0.3 is 0 Å². The van der Waals surface area contributed by atoms with Crippen molar-refractivity contribution in [2.45, 2.75) is 105 Å². The molecule has 0 saturated carbocycles. The SMILES string of the molecule is CC(CN(C)C)[N-]C=NC(C)(C)C.CC(C[N-]C=NC(C)(C)C)N(C)C.CN(C)CC[N-]C=NC(C)(C)C.[Co].[Co].[Co]. The van der Waals surface area contributed by atoms with Gasteiger partial charge in [-0.15, -0.1) is 19.0 Å². The van der Waals surface area contributed by atoms with Crippen LogP contribution in [0.15, 0.2) is 15.0 Å². The van der Waals surface area contributed by atoms with Crippen LogP contribution in [0.25, 0.3) is 16.0 Å². The molecule has 0 aromatic rings. The Bertz CT molecular complexity index is 635. The third kappa shape index (κ3) is 56.2. The van der Waals surface area contributed by atoms with Crippen molar-refractivity contribution in [2.24, 2.45) is 15.0 Å². The molecule has 255 valence electrons. The van der Waals surface area contributed by atoms with Gasteiger partial charge in [-0.05, 0) is 98.0 Å². The van der Waals surface area contributed by atoms with E-state index >= 15 is 0 Å². The molecule has 3 radical (unpaired) electrons. The van der Waals surface area contributed by atoms with E-state index in [1.54, 1.807) is 19.0 Å². The minimum Gasteiger partial charge on any atom is -0.471 e. The van der Waals surface area contributed by atoms with Crippen molar-refractivity contribution in [2.75, 3.05) is 68.5 Å². The molecule has 0 bridgehead atoms. The predicted molar refractivity (Wildman–Crippen MR) is 174 cm³/mol. The largest absolute Gasteiger partial charge is 0.471 e. The number of likely N-dealkylation sites (N-methyl/N-ethyl adjacent to an activating group) is 3. The van der Waals surface area contributed by atoms with Crippen molar-refractivity contribution in [3.63, 3.8) is 0 Å². The molecule has 0 aliphatic rings. The van der Waals surface area contributed by atoms with Crippen LogP contribution in [0.3, 0.4) is 0 Å². The summed E-state index contributed by atoms with van der Waals surface area (Å²) in [7, 11) is 12.3. The Morgan fingerprint density at radius 3 is 1.34 bits per heavy atom. The Hall–Kier alpha value is -0.191. The molecule has 0 heterocycles. The third-order valence-electron chi connectivity index (χ3n) is 4.38. The summed E-state index contributed by atoms with van der Waals surface area (Å²) in [6.07, 6.45) is 5.04. The summed E-state index contributed by atoms with van der Waals surface area (Å²) in [4.78, 5) is 19.2. The van der Waals surface area contributed by atoms with Gasteiger partial charge < -0.3 is 45.6 Å². The number of nitrogens with zero attached hydrogens (tertiary/aromatic N) is 9. The first-order valence-electron chi connectivity index (χ1n) is 13.7. The Kier molecular flexibility index (Phi) is 37.2. The molecule has 0 aliphatic heterocycles. The van der Waals surface area contributed by atoms with Crippen LogP contribution < -0.4 is 0 Å². The molecule has 0 aromatic carbocycles. The summed E-state index contributed by atoms with van der Waals surface area (Å²) in [5.74, 6) is 0. The van der Waals surface area contributed by atoms with Gasteiger partial charge in [0, 0.05) is 56.4 Å². The number of aliphatic imine (C=N–C) groups is 3. The zero-order chi connectivity index (χ0) is 30.6. The molecule has 41 heavy (non-hydrogen) atoms. The van der Waals surface area contributed by atoms with E-state index in [-0.39, 0.29) is 67.0 Å². The summed E-state index contributed by atoms with van der Waals surface area (Å²) < 4.78 is 0. The Morgan fingerprint density at radius 2 is 1.00 bits per heavy atom. The van der Waals surface area contributed by atoms with Crippen molar-refractivity contribution in [1.82, 2.24) is 14.7 Å². The van der Waals surface area contributed by atoms with Gasteiger partial charge in [0.2, 0.25) is 0 Å². The van der Waals surface area contributed by atoms with Crippen molar-refractivity contribution in [3.8, 4) is 0 Å². The van der Waals surface area contributed by atoms with Gasteiger partial charge in [0.1, 0.15) is 0 Å². The molecule has 0 fully saturated rings. The van der Waals surface area contributed by atoms with Crippen LogP contribution in [0.2, 0.25) is 0 Å². The van der Waals surface area contributed by atoms with Crippen LogP contribution >= 0.6 is 0 Å². The number of hydrogen-bond donors (Lipinski definition) is 0. The summed E-state index contributed by atoms with van der Waals surface area (Å²) in [5, 5.41) is 12.7. The average Bonchev–Trinajstić information content (AvgIpc) is 2.68. The van der Waals surface area contributed by atoms with E-state index in [9.17, 15) is 0 Å². The minimum absolute atomic E-state index is 0. The second-order valence-corrected chi connectivity index (χ2v) is 13.4. The maximum Gasteiger partial charge on any atom is 0.00538 e. The van der Waals surface area contributed by atoms with Gasteiger partial charge in [0.15, 0.2) is 0 Å². The molecule has 0 aliphatic carbocycles. The van der Waals surface area contributed by atoms with Gasteiger partial charge in [-0.25, -0.2) is 0 Å². The van der Waals surface area contributed by atoms with E-state index in [1.165, 1.54) is 0 Å². The fourth-order valence-corrected chi connectivity index (χ4v) is 2.00. The summed E-state index contributed by atoms with van der Waals surface area (Å²) in [6.45, 7) is 26.4. The molecule has 2 unspecified atom stereocenters. The molecule has 2 atom stereocenters. The zero-order valence-corrected chi connectivity index (χ0v) is 32.4. The third-order valence-corrected chi connectivity index (χ3v) is 4.38. The molecule has 0 amide bonds. The van der Waals surface area contributed by atoms with Crippen LogP contribution in [-0.2, 0) is 50.3 Å². The van der Waals surface area contributed by atoms with E-state index in [1.807, 2.05) is 28.2 Å². The first-order chi connectivity index (χ1) is 17.1. The van der Waals surface area contributed by atoms with Crippen molar-refractivity contribution in [3.05, 3.63) is 16.0 Å². The molecule has 0 rings (SSSR count). The van der Waals surface area contributed by atoms with Crippen molar-refractivity contribution >= 4 is 19.0 Å². The maximum absolute atomic E-state index is 4.32. The second-order valence-electron chi connectivity index (χ2n) is 13.4. The minimum atomic E-state index is -0.0126. The first kappa shape index (κ1) is 53.4. The fourth-order valence-electron chi connectivity index (χ4n) is 2.00. The van der Waals surface area contributed by atoms with Crippen LogP contribution in [-0.4, -0.2) is 131 Å². The van der Waals surface area contributed by atoms with E-state index in [0.717, 1.165) is 26.2 Å². The first-order valence-corrected chi connectivity index (χ1v) is 13.7. The van der Waals surface area contributed by atoms with Gasteiger partial charge in [-0.3, -0.25) is 0 Å². The summed E-state index contributed by atoms with van der Waals surface area (Å²) in [6, 6.07) is 0.799. The molecule has 9 nitrogen and oxygen atoms in total. The summed E-state index contributed by atoms with van der Waals surface area (Å²) in [5.41, 5.74) is -0.0200. The summed E-state index contributed by atoms with van der Waals surface area (Å²) >= 11 is 0.